The van der Waals surface area contributed by atoms with E-state index in [9.17, 15) is 0 Å². The van der Waals surface area contributed by atoms with Gasteiger partial charge in [0.1, 0.15) is 7.59 Å². The largest absolute Gasteiger partial charge is 0.414 e. The Bertz CT molecular complexity index is 248. The summed E-state index contributed by atoms with van der Waals surface area (Å²) in [5.74, 6) is 0. The standard InChI is InChI=1S/C11H22OSi2/c1-7-14(8-2)10-9-11(3,4)12-13(14,5)6/h7-8H,1-2,9-10H2,3-6H3. The summed E-state index contributed by atoms with van der Waals surface area (Å²) in [6, 6.07) is 1.27. The van der Waals surface area contributed by atoms with Crippen LogP contribution in [0.25, 0.3) is 0 Å². The van der Waals surface area contributed by atoms with Crippen LogP contribution in [0.3, 0.4) is 0 Å². The van der Waals surface area contributed by atoms with Crippen molar-refractivity contribution < 1.29 is 4.43 Å². The molecule has 0 unspecified atom stereocenters. The molecule has 0 aromatic carbocycles. The monoisotopic (exact) mass is 226 g/mol. The zero-order valence-electron chi connectivity index (χ0n) is 9.89. The van der Waals surface area contributed by atoms with Gasteiger partial charge >= 0.3 is 0 Å². The van der Waals surface area contributed by atoms with E-state index in [0.29, 0.717) is 0 Å². The first kappa shape index (κ1) is 11.9. The normalized spacial score (nSPS) is 28.0. The Morgan fingerprint density at radius 1 is 1.21 bits per heavy atom. The van der Waals surface area contributed by atoms with Gasteiger partial charge in [0.25, 0.3) is 0 Å². The molecule has 80 valence electrons. The summed E-state index contributed by atoms with van der Waals surface area (Å²) >= 11 is 0. The van der Waals surface area contributed by atoms with E-state index >= 15 is 0 Å². The van der Waals surface area contributed by atoms with Crippen LogP contribution in [-0.4, -0.2) is 21.0 Å². The molecule has 1 aliphatic heterocycles. The molecule has 0 radical (unpaired) electrons. The second kappa shape index (κ2) is 3.47. The molecule has 0 aromatic rings. The van der Waals surface area contributed by atoms with E-state index in [4.69, 9.17) is 4.43 Å². The molecule has 0 atom stereocenters. The lowest BCUT2D eigenvalue weighted by Gasteiger charge is -2.49. The Kier molecular flexibility index (Phi) is 2.96. The van der Waals surface area contributed by atoms with Crippen LogP contribution in [0.1, 0.15) is 20.3 Å². The average molecular weight is 226 g/mol. The minimum atomic E-state index is -1.60. The highest BCUT2D eigenvalue weighted by molar-refractivity contribution is 7.43. The van der Waals surface area contributed by atoms with Crippen LogP contribution in [0.4, 0.5) is 0 Å². The number of hydrogen-bond acceptors (Lipinski definition) is 1. The molecule has 1 heterocycles. The summed E-state index contributed by atoms with van der Waals surface area (Å²) in [6.45, 7) is 17.1. The van der Waals surface area contributed by atoms with Gasteiger partial charge in [0.2, 0.25) is 0 Å². The van der Waals surface area contributed by atoms with Gasteiger partial charge in [0.15, 0.2) is 7.83 Å². The molecule has 14 heavy (non-hydrogen) atoms. The van der Waals surface area contributed by atoms with Crippen LogP contribution in [0.2, 0.25) is 19.1 Å². The third-order valence-corrected chi connectivity index (χ3v) is 18.4. The molecule has 0 saturated carbocycles. The first-order chi connectivity index (χ1) is 6.29. The van der Waals surface area contributed by atoms with Crippen LogP contribution >= 0.6 is 0 Å². The number of hydrogen-bond donors (Lipinski definition) is 0. The second-order valence-corrected chi connectivity index (χ2v) is 18.3. The molecule has 1 nitrogen and oxygen atoms in total. The van der Waals surface area contributed by atoms with E-state index in [2.05, 4.69) is 51.5 Å². The maximum absolute atomic E-state index is 6.32. The quantitative estimate of drug-likeness (QED) is 0.656. The zero-order valence-corrected chi connectivity index (χ0v) is 11.9. The van der Waals surface area contributed by atoms with E-state index < -0.39 is 15.4 Å². The average Bonchev–Trinajstić information content (AvgIpc) is 2.03. The van der Waals surface area contributed by atoms with Crippen molar-refractivity contribution in [3.8, 4) is 0 Å². The second-order valence-electron chi connectivity index (χ2n) is 5.32. The molecule has 0 N–H and O–H groups in total. The summed E-state index contributed by atoms with van der Waals surface area (Å²) in [5, 5.41) is 0. The van der Waals surface area contributed by atoms with Crippen LogP contribution in [0, 0.1) is 0 Å². The van der Waals surface area contributed by atoms with Gasteiger partial charge in [-0.25, -0.2) is 0 Å². The van der Waals surface area contributed by atoms with E-state index in [0.717, 1.165) is 6.42 Å². The van der Waals surface area contributed by atoms with Crippen molar-refractivity contribution in [3.05, 3.63) is 24.6 Å². The van der Waals surface area contributed by atoms with Crippen molar-refractivity contribution in [2.45, 2.75) is 45.0 Å². The molecule has 1 rings (SSSR count). The molecule has 0 aliphatic carbocycles. The van der Waals surface area contributed by atoms with Crippen molar-refractivity contribution in [2.24, 2.45) is 0 Å². The summed E-state index contributed by atoms with van der Waals surface area (Å²) < 4.78 is 6.32. The van der Waals surface area contributed by atoms with E-state index in [-0.39, 0.29) is 5.60 Å². The molecule has 0 amide bonds. The summed E-state index contributed by atoms with van der Waals surface area (Å²) in [7, 11) is -3.11. The highest BCUT2D eigenvalue weighted by atomic mass is 29.3. The Labute approximate surface area is 89.8 Å². The Morgan fingerprint density at radius 3 is 2.07 bits per heavy atom. The highest BCUT2D eigenvalue weighted by Gasteiger charge is 2.52. The molecule has 1 aliphatic rings. The molecule has 1 fully saturated rings. The predicted molar refractivity (Wildman–Crippen MR) is 68.2 cm³/mol. The van der Waals surface area contributed by atoms with Crippen molar-refractivity contribution in [3.63, 3.8) is 0 Å². The fourth-order valence-corrected chi connectivity index (χ4v) is 13.8. The molecular weight excluding hydrogens is 204 g/mol. The van der Waals surface area contributed by atoms with Crippen molar-refractivity contribution >= 4 is 15.4 Å². The van der Waals surface area contributed by atoms with Gasteiger partial charge in [-0.2, -0.15) is 0 Å². The minimum Gasteiger partial charge on any atom is -0.414 e. The smallest absolute Gasteiger partial charge is 0.184 e. The lowest BCUT2D eigenvalue weighted by molar-refractivity contribution is 0.0939. The predicted octanol–water partition coefficient (Wildman–Crippen LogP) is 3.37. The summed E-state index contributed by atoms with van der Waals surface area (Å²) in [5.41, 5.74) is 4.43. The Balaban J connectivity index is 3.03. The first-order valence-electron chi connectivity index (χ1n) is 5.26. The van der Waals surface area contributed by atoms with Gasteiger partial charge in [-0.1, -0.05) is 11.4 Å². The maximum atomic E-state index is 6.32. The summed E-state index contributed by atoms with van der Waals surface area (Å²) in [4.78, 5) is 0. The van der Waals surface area contributed by atoms with Gasteiger partial charge in [-0.05, 0) is 39.4 Å². The highest BCUT2D eigenvalue weighted by Crippen LogP contribution is 2.39. The van der Waals surface area contributed by atoms with Gasteiger partial charge in [0.05, 0.1) is 5.60 Å². The molecule has 0 aromatic heterocycles. The van der Waals surface area contributed by atoms with E-state index in [1.165, 1.54) is 6.04 Å². The van der Waals surface area contributed by atoms with Crippen molar-refractivity contribution in [1.82, 2.24) is 0 Å². The van der Waals surface area contributed by atoms with Crippen LogP contribution in [0.15, 0.2) is 24.6 Å². The van der Waals surface area contributed by atoms with Gasteiger partial charge < -0.3 is 4.43 Å². The molecule has 0 bridgehead atoms. The molecule has 0 spiro atoms. The fraction of sp³-hybridized carbons (Fsp3) is 0.636. The fourth-order valence-electron chi connectivity index (χ4n) is 2.42. The number of rotatable bonds is 2. The lowest BCUT2D eigenvalue weighted by Crippen LogP contribution is -2.65. The molecular formula is C11H22OSi2. The third kappa shape index (κ3) is 1.81. The van der Waals surface area contributed by atoms with Crippen molar-refractivity contribution in [2.75, 3.05) is 0 Å². The van der Waals surface area contributed by atoms with Gasteiger partial charge in [-0.15, -0.1) is 13.2 Å². The maximum Gasteiger partial charge on any atom is 0.184 e. The van der Waals surface area contributed by atoms with Gasteiger partial charge in [-0.3, -0.25) is 0 Å². The lowest BCUT2D eigenvalue weighted by atomic mass is 10.1. The van der Waals surface area contributed by atoms with E-state index in [1.54, 1.807) is 0 Å². The summed E-state index contributed by atoms with van der Waals surface area (Å²) in [6.07, 6.45) is 1.15. The van der Waals surface area contributed by atoms with Gasteiger partial charge in [0, 0.05) is 0 Å². The van der Waals surface area contributed by atoms with Crippen molar-refractivity contribution in [1.29, 1.82) is 0 Å². The van der Waals surface area contributed by atoms with Crippen LogP contribution in [0.5, 0.6) is 0 Å². The topological polar surface area (TPSA) is 9.23 Å². The zero-order chi connectivity index (χ0) is 11.0. The third-order valence-electron chi connectivity index (χ3n) is 3.52. The molecule has 3 heteroatoms. The van der Waals surface area contributed by atoms with Crippen LogP contribution in [-0.2, 0) is 4.43 Å². The minimum absolute atomic E-state index is 0.0677. The first-order valence-corrected chi connectivity index (χ1v) is 11.5. The van der Waals surface area contributed by atoms with Crippen LogP contribution < -0.4 is 0 Å². The Morgan fingerprint density at radius 2 is 1.71 bits per heavy atom. The molecule has 1 saturated heterocycles. The Hall–Kier alpha value is -0.126. The SMILES string of the molecule is C=C[Si]1(C=C)CCC(C)(C)O[Si]1(C)C. The van der Waals surface area contributed by atoms with E-state index in [1.807, 2.05) is 0 Å².